The fraction of sp³-hybridized carbons (Fsp3) is 0.567. The van der Waals surface area contributed by atoms with Gasteiger partial charge in [-0.05, 0) is 63.4 Å². The molecule has 0 radical (unpaired) electrons. The first-order chi connectivity index (χ1) is 18.9. The number of carbonyl (C=O) groups is 1. The van der Waals surface area contributed by atoms with Crippen LogP contribution in [0.25, 0.3) is 0 Å². The summed E-state index contributed by atoms with van der Waals surface area (Å²) < 4.78 is 40.4. The van der Waals surface area contributed by atoms with E-state index in [0.717, 1.165) is 24.9 Å². The van der Waals surface area contributed by atoms with Crippen LogP contribution < -0.4 is 9.64 Å². The van der Waals surface area contributed by atoms with Gasteiger partial charge in [0, 0.05) is 52.4 Å². The van der Waals surface area contributed by atoms with Crippen molar-refractivity contribution < 1.29 is 27.8 Å². The Balaban J connectivity index is 1.96. The average Bonchev–Trinajstić information content (AvgIpc) is 2.94. The normalized spacial score (nSPS) is 22.2. The number of benzene rings is 2. The van der Waals surface area contributed by atoms with E-state index in [0.29, 0.717) is 17.9 Å². The van der Waals surface area contributed by atoms with Crippen molar-refractivity contribution in [2.24, 2.45) is 5.92 Å². The van der Waals surface area contributed by atoms with E-state index in [4.69, 9.17) is 9.47 Å². The Hall–Kier alpha value is -2.66. The van der Waals surface area contributed by atoms with Crippen molar-refractivity contribution in [1.82, 2.24) is 9.21 Å². The molecule has 0 unspecified atom stereocenters. The van der Waals surface area contributed by atoms with E-state index in [2.05, 4.69) is 0 Å². The van der Waals surface area contributed by atoms with Gasteiger partial charge in [-0.2, -0.15) is 4.31 Å². The van der Waals surface area contributed by atoms with Crippen LogP contribution in [0, 0.1) is 5.92 Å². The standard InChI is InChI=1S/C30H45N3O6S/c1-22-19-33(23(2)21-34)30(35)27-18-25(31(4)5)15-16-28(27)39-24(3)12-10-11-17-38-29(22)20-32(6)40(36,37)26-13-8-7-9-14-26/h7-9,13-16,18,22-24,29,34H,10-12,17,19-21H2,1-6H3/t22-,23+,24-,29+/m1/s1. The summed E-state index contributed by atoms with van der Waals surface area (Å²) in [6.45, 7) is 6.40. The first kappa shape index (κ1) is 31.9. The van der Waals surface area contributed by atoms with Crippen LogP contribution in [-0.4, -0.2) is 94.3 Å². The second-order valence-corrected chi connectivity index (χ2v) is 13.0. The molecule has 0 aromatic heterocycles. The number of amides is 1. The van der Waals surface area contributed by atoms with Gasteiger partial charge in [-0.25, -0.2) is 8.42 Å². The third-order valence-electron chi connectivity index (χ3n) is 7.44. The van der Waals surface area contributed by atoms with Gasteiger partial charge in [0.1, 0.15) is 5.75 Å². The molecule has 1 aliphatic rings. The lowest BCUT2D eigenvalue weighted by Gasteiger charge is -2.35. The van der Waals surface area contributed by atoms with E-state index in [1.807, 2.05) is 51.0 Å². The van der Waals surface area contributed by atoms with E-state index >= 15 is 0 Å². The molecule has 10 heteroatoms. The van der Waals surface area contributed by atoms with Crippen LogP contribution in [0.3, 0.4) is 0 Å². The van der Waals surface area contributed by atoms with Crippen molar-refractivity contribution in [2.45, 2.75) is 63.2 Å². The number of aliphatic hydroxyl groups is 1. The maximum Gasteiger partial charge on any atom is 0.258 e. The van der Waals surface area contributed by atoms with Crippen LogP contribution in [0.15, 0.2) is 53.4 Å². The summed E-state index contributed by atoms with van der Waals surface area (Å²) in [6.07, 6.45) is 1.88. The van der Waals surface area contributed by atoms with Crippen molar-refractivity contribution in [3.8, 4) is 5.75 Å². The van der Waals surface area contributed by atoms with Crippen molar-refractivity contribution >= 4 is 21.6 Å². The lowest BCUT2D eigenvalue weighted by atomic mass is 10.0. The number of fused-ring (bicyclic) bond motifs is 1. The predicted octanol–water partition coefficient (Wildman–Crippen LogP) is 3.87. The van der Waals surface area contributed by atoms with E-state index in [9.17, 15) is 18.3 Å². The van der Waals surface area contributed by atoms with Crippen LogP contribution >= 0.6 is 0 Å². The number of aliphatic hydroxyl groups excluding tert-OH is 1. The van der Waals surface area contributed by atoms with Gasteiger partial charge in [0.25, 0.3) is 5.91 Å². The number of carbonyl (C=O) groups excluding carboxylic acids is 1. The third kappa shape index (κ3) is 7.96. The van der Waals surface area contributed by atoms with Crippen molar-refractivity contribution in [3.05, 3.63) is 54.1 Å². The van der Waals surface area contributed by atoms with Gasteiger partial charge in [-0.3, -0.25) is 4.79 Å². The molecule has 0 bridgehead atoms. The first-order valence-corrected chi connectivity index (χ1v) is 15.4. The zero-order chi connectivity index (χ0) is 29.4. The zero-order valence-electron chi connectivity index (χ0n) is 24.6. The number of hydrogen-bond donors (Lipinski definition) is 1. The van der Waals surface area contributed by atoms with Crippen molar-refractivity contribution in [3.63, 3.8) is 0 Å². The van der Waals surface area contributed by atoms with Gasteiger partial charge in [-0.15, -0.1) is 0 Å². The molecule has 9 nitrogen and oxygen atoms in total. The number of nitrogens with zero attached hydrogens (tertiary/aromatic N) is 3. The van der Waals surface area contributed by atoms with Crippen LogP contribution in [0.4, 0.5) is 5.69 Å². The molecule has 1 heterocycles. The molecular weight excluding hydrogens is 530 g/mol. The second kappa shape index (κ2) is 14.3. The highest BCUT2D eigenvalue weighted by Crippen LogP contribution is 2.29. The number of ether oxygens (including phenoxy) is 2. The summed E-state index contributed by atoms with van der Waals surface area (Å²) >= 11 is 0. The van der Waals surface area contributed by atoms with Crippen LogP contribution in [0.2, 0.25) is 0 Å². The number of anilines is 1. The van der Waals surface area contributed by atoms with Gasteiger partial charge in [0.05, 0.1) is 35.3 Å². The molecular formula is C30H45N3O6S. The summed E-state index contributed by atoms with van der Waals surface area (Å²) in [4.78, 5) is 17.9. The number of likely N-dealkylation sites (N-methyl/N-ethyl adjacent to an activating group) is 1. The Morgan fingerprint density at radius 3 is 2.42 bits per heavy atom. The third-order valence-corrected chi connectivity index (χ3v) is 9.28. The topological polar surface area (TPSA) is 99.6 Å². The minimum atomic E-state index is -3.72. The lowest BCUT2D eigenvalue weighted by Crippen LogP contribution is -2.48. The highest BCUT2D eigenvalue weighted by atomic mass is 32.2. The summed E-state index contributed by atoms with van der Waals surface area (Å²) in [7, 11) is 1.67. The van der Waals surface area contributed by atoms with Gasteiger partial charge in [-0.1, -0.05) is 25.1 Å². The predicted molar refractivity (Wildman–Crippen MR) is 157 cm³/mol. The molecule has 0 spiro atoms. The highest BCUT2D eigenvalue weighted by molar-refractivity contribution is 7.89. The molecule has 2 aromatic rings. The van der Waals surface area contributed by atoms with E-state index in [-0.39, 0.29) is 42.5 Å². The Kier molecular flexibility index (Phi) is 11.4. The molecule has 222 valence electrons. The Labute approximate surface area is 239 Å². The highest BCUT2D eigenvalue weighted by Gasteiger charge is 2.32. The summed E-state index contributed by atoms with van der Waals surface area (Å²) in [6, 6.07) is 13.5. The molecule has 0 fully saturated rings. The fourth-order valence-corrected chi connectivity index (χ4v) is 5.98. The molecule has 40 heavy (non-hydrogen) atoms. The average molecular weight is 576 g/mol. The Bertz CT molecular complexity index is 1210. The lowest BCUT2D eigenvalue weighted by molar-refractivity contribution is -0.00833. The van der Waals surface area contributed by atoms with Gasteiger partial charge >= 0.3 is 0 Å². The largest absolute Gasteiger partial charge is 0.490 e. The minimum absolute atomic E-state index is 0.111. The Morgan fingerprint density at radius 1 is 1.07 bits per heavy atom. The smallest absolute Gasteiger partial charge is 0.258 e. The van der Waals surface area contributed by atoms with Crippen LogP contribution in [0.1, 0.15) is 50.4 Å². The van der Waals surface area contributed by atoms with Gasteiger partial charge in [0.15, 0.2) is 0 Å². The summed E-state index contributed by atoms with van der Waals surface area (Å²) in [5.41, 5.74) is 1.30. The summed E-state index contributed by atoms with van der Waals surface area (Å²) in [5, 5.41) is 10.1. The molecule has 0 saturated heterocycles. The number of sulfonamides is 1. The minimum Gasteiger partial charge on any atom is -0.490 e. The second-order valence-electron chi connectivity index (χ2n) is 11.0. The molecule has 0 aliphatic carbocycles. The number of rotatable bonds is 7. The molecule has 4 atom stereocenters. The van der Waals surface area contributed by atoms with Gasteiger partial charge in [0.2, 0.25) is 10.0 Å². The summed E-state index contributed by atoms with van der Waals surface area (Å²) in [5.74, 6) is 0.0412. The zero-order valence-corrected chi connectivity index (χ0v) is 25.4. The fourth-order valence-electron chi connectivity index (χ4n) is 4.78. The SMILES string of the molecule is C[C@@H]1CCCCO[C@@H](CN(C)S(=O)(=O)c2ccccc2)[C@H](C)CN([C@@H](C)CO)C(=O)c2cc(N(C)C)ccc2O1. The first-order valence-electron chi connectivity index (χ1n) is 14.0. The molecule has 1 amide bonds. The Morgan fingerprint density at radius 2 is 1.77 bits per heavy atom. The van der Waals surface area contributed by atoms with E-state index < -0.39 is 22.2 Å². The molecule has 1 N–H and O–H groups in total. The maximum absolute atomic E-state index is 14.1. The van der Waals surface area contributed by atoms with Gasteiger partial charge < -0.3 is 24.4 Å². The van der Waals surface area contributed by atoms with E-state index in [1.54, 1.807) is 49.2 Å². The van der Waals surface area contributed by atoms with Crippen LogP contribution in [-0.2, 0) is 14.8 Å². The number of hydrogen-bond acceptors (Lipinski definition) is 7. The van der Waals surface area contributed by atoms with E-state index in [1.165, 1.54) is 4.31 Å². The van der Waals surface area contributed by atoms with Crippen molar-refractivity contribution in [1.29, 1.82) is 0 Å². The van der Waals surface area contributed by atoms with Crippen molar-refractivity contribution in [2.75, 3.05) is 52.3 Å². The maximum atomic E-state index is 14.1. The molecule has 3 rings (SSSR count). The molecule has 0 saturated carbocycles. The quantitative estimate of drug-likeness (QED) is 0.535. The van der Waals surface area contributed by atoms with Crippen LogP contribution in [0.5, 0.6) is 5.75 Å². The molecule has 2 aromatic carbocycles. The monoisotopic (exact) mass is 575 g/mol. The molecule has 1 aliphatic heterocycles.